The first kappa shape index (κ1) is 23.5. The van der Waals surface area contributed by atoms with E-state index in [-0.39, 0.29) is 23.0 Å². The summed E-state index contributed by atoms with van der Waals surface area (Å²) in [7, 11) is 0. The van der Waals surface area contributed by atoms with Gasteiger partial charge in [-0.25, -0.2) is 0 Å². The molecule has 0 aliphatic rings. The van der Waals surface area contributed by atoms with Crippen LogP contribution in [0.2, 0.25) is 10.0 Å². The number of halogens is 2. The number of anilines is 2. The van der Waals surface area contributed by atoms with Gasteiger partial charge in [0.05, 0.1) is 15.8 Å². The van der Waals surface area contributed by atoms with Crippen molar-refractivity contribution < 1.29 is 9.59 Å². The van der Waals surface area contributed by atoms with Crippen LogP contribution in [0.5, 0.6) is 0 Å². The lowest BCUT2D eigenvalue weighted by atomic mass is 9.87. The number of carbonyl (C=O) groups is 2. The van der Waals surface area contributed by atoms with Crippen molar-refractivity contribution in [3.63, 3.8) is 0 Å². The summed E-state index contributed by atoms with van der Waals surface area (Å²) in [6, 6.07) is 12.3. The summed E-state index contributed by atoms with van der Waals surface area (Å²) in [5.41, 5.74) is 2.27. The number of benzene rings is 2. The fourth-order valence-corrected chi connectivity index (χ4v) is 4.35. The second kappa shape index (κ2) is 9.99. The van der Waals surface area contributed by atoms with Crippen LogP contribution in [0.25, 0.3) is 0 Å². The molecule has 2 N–H and O–H groups in total. The van der Waals surface area contributed by atoms with Crippen molar-refractivity contribution in [2.45, 2.75) is 30.5 Å². The van der Waals surface area contributed by atoms with Crippen molar-refractivity contribution in [1.29, 1.82) is 0 Å². The van der Waals surface area contributed by atoms with Crippen LogP contribution in [-0.2, 0) is 10.2 Å². The van der Waals surface area contributed by atoms with E-state index in [2.05, 4.69) is 41.6 Å². The minimum Gasteiger partial charge on any atom is -0.325 e. The maximum absolute atomic E-state index is 12.4. The van der Waals surface area contributed by atoms with E-state index in [0.29, 0.717) is 30.8 Å². The molecule has 3 rings (SSSR count). The standard InChI is InChI=1S/C21H20Cl2N4O2S2/c1-21(2,3)13-6-4-12(5-7-13)18(29)25-19-26-27-20(31-19)30-11-17(28)24-14-8-9-15(22)16(23)10-14/h4-10H,11H2,1-3H3,(H,24,28)(H,25,26,29). The monoisotopic (exact) mass is 494 g/mol. The van der Waals surface area contributed by atoms with E-state index in [9.17, 15) is 9.59 Å². The zero-order chi connectivity index (χ0) is 22.6. The molecule has 2 aromatic carbocycles. The van der Waals surface area contributed by atoms with E-state index >= 15 is 0 Å². The number of carbonyl (C=O) groups excluding carboxylic acids is 2. The third kappa shape index (κ3) is 6.67. The summed E-state index contributed by atoms with van der Waals surface area (Å²) < 4.78 is 0.572. The molecule has 162 valence electrons. The van der Waals surface area contributed by atoms with Gasteiger partial charge in [-0.05, 0) is 41.3 Å². The minimum absolute atomic E-state index is 0.0203. The smallest absolute Gasteiger partial charge is 0.257 e. The summed E-state index contributed by atoms with van der Waals surface area (Å²) in [6.45, 7) is 6.36. The molecule has 0 spiro atoms. The van der Waals surface area contributed by atoms with Gasteiger partial charge in [-0.1, -0.05) is 79.2 Å². The van der Waals surface area contributed by atoms with Crippen LogP contribution in [0.4, 0.5) is 10.8 Å². The molecule has 6 nitrogen and oxygen atoms in total. The third-order valence-corrected chi connectivity index (χ3v) is 6.88. The predicted octanol–water partition coefficient (Wildman–Crippen LogP) is 6.13. The Balaban J connectivity index is 1.52. The number of amides is 2. The van der Waals surface area contributed by atoms with E-state index in [1.165, 1.54) is 23.1 Å². The van der Waals surface area contributed by atoms with Crippen molar-refractivity contribution in [1.82, 2.24) is 10.2 Å². The van der Waals surface area contributed by atoms with Gasteiger partial charge in [0, 0.05) is 11.3 Å². The maximum atomic E-state index is 12.4. The van der Waals surface area contributed by atoms with Crippen LogP contribution in [0.15, 0.2) is 46.8 Å². The highest BCUT2D eigenvalue weighted by atomic mass is 35.5. The molecule has 1 aromatic heterocycles. The average Bonchev–Trinajstić information content (AvgIpc) is 3.16. The van der Waals surface area contributed by atoms with Crippen LogP contribution >= 0.6 is 46.3 Å². The van der Waals surface area contributed by atoms with Crippen LogP contribution in [-0.4, -0.2) is 27.8 Å². The molecule has 0 fully saturated rings. The zero-order valence-electron chi connectivity index (χ0n) is 17.0. The van der Waals surface area contributed by atoms with E-state index in [1.807, 2.05) is 12.1 Å². The Labute approximate surface area is 198 Å². The lowest BCUT2D eigenvalue weighted by molar-refractivity contribution is -0.113. The molecule has 0 saturated heterocycles. The fourth-order valence-electron chi connectivity index (χ4n) is 2.51. The summed E-state index contributed by atoms with van der Waals surface area (Å²) >= 11 is 14.2. The predicted molar refractivity (Wildman–Crippen MR) is 129 cm³/mol. The first-order valence-corrected chi connectivity index (χ1v) is 11.8. The number of rotatable bonds is 6. The summed E-state index contributed by atoms with van der Waals surface area (Å²) in [5.74, 6) is -0.342. The SMILES string of the molecule is CC(C)(C)c1ccc(C(=O)Nc2nnc(SCC(=O)Nc3ccc(Cl)c(Cl)c3)s2)cc1. The van der Waals surface area contributed by atoms with Gasteiger partial charge in [0.15, 0.2) is 4.34 Å². The highest BCUT2D eigenvalue weighted by Gasteiger charge is 2.16. The largest absolute Gasteiger partial charge is 0.325 e. The molecule has 0 atom stereocenters. The molecule has 0 aliphatic carbocycles. The van der Waals surface area contributed by atoms with Gasteiger partial charge in [0.2, 0.25) is 11.0 Å². The first-order chi connectivity index (χ1) is 14.6. The van der Waals surface area contributed by atoms with Crippen molar-refractivity contribution in [3.8, 4) is 0 Å². The second-order valence-electron chi connectivity index (χ2n) is 7.62. The van der Waals surface area contributed by atoms with E-state index in [4.69, 9.17) is 23.2 Å². The number of hydrogen-bond acceptors (Lipinski definition) is 6. The number of hydrogen-bond donors (Lipinski definition) is 2. The molecule has 10 heteroatoms. The first-order valence-electron chi connectivity index (χ1n) is 9.25. The highest BCUT2D eigenvalue weighted by Crippen LogP contribution is 2.28. The van der Waals surface area contributed by atoms with Gasteiger partial charge in [-0.15, -0.1) is 10.2 Å². The number of aromatic nitrogens is 2. The van der Waals surface area contributed by atoms with Crippen LogP contribution in [0.3, 0.4) is 0 Å². The molecule has 0 aliphatic heterocycles. The van der Waals surface area contributed by atoms with Gasteiger partial charge >= 0.3 is 0 Å². The normalized spacial score (nSPS) is 11.3. The van der Waals surface area contributed by atoms with Gasteiger partial charge in [-0.3, -0.25) is 14.9 Å². The fraction of sp³-hybridized carbons (Fsp3) is 0.238. The van der Waals surface area contributed by atoms with E-state index < -0.39 is 0 Å². The molecule has 0 radical (unpaired) electrons. The van der Waals surface area contributed by atoms with Crippen LogP contribution in [0, 0.1) is 0 Å². The van der Waals surface area contributed by atoms with Gasteiger partial charge in [-0.2, -0.15) is 0 Å². The van der Waals surface area contributed by atoms with Crippen LogP contribution < -0.4 is 10.6 Å². The third-order valence-electron chi connectivity index (χ3n) is 4.17. The van der Waals surface area contributed by atoms with Crippen molar-refractivity contribution >= 4 is 68.9 Å². The summed E-state index contributed by atoms with van der Waals surface area (Å²) in [5, 5.41) is 14.6. The van der Waals surface area contributed by atoms with Gasteiger partial charge in [0.1, 0.15) is 0 Å². The molecule has 31 heavy (non-hydrogen) atoms. The Morgan fingerprint density at radius 1 is 1.00 bits per heavy atom. The highest BCUT2D eigenvalue weighted by molar-refractivity contribution is 8.01. The molecule has 3 aromatic rings. The Morgan fingerprint density at radius 2 is 1.71 bits per heavy atom. The Hall–Kier alpha value is -2.13. The molecule has 0 saturated carbocycles. The van der Waals surface area contributed by atoms with Crippen molar-refractivity contribution in [3.05, 3.63) is 63.6 Å². The lowest BCUT2D eigenvalue weighted by Gasteiger charge is -2.18. The molecular formula is C21H20Cl2N4O2S2. The van der Waals surface area contributed by atoms with Gasteiger partial charge < -0.3 is 5.32 Å². The maximum Gasteiger partial charge on any atom is 0.257 e. The van der Waals surface area contributed by atoms with Crippen molar-refractivity contribution in [2.75, 3.05) is 16.4 Å². The zero-order valence-corrected chi connectivity index (χ0v) is 20.2. The number of nitrogens with one attached hydrogen (secondary N) is 2. The minimum atomic E-state index is -0.259. The van der Waals surface area contributed by atoms with E-state index in [1.54, 1.807) is 30.3 Å². The van der Waals surface area contributed by atoms with Gasteiger partial charge in [0.25, 0.3) is 5.91 Å². The topological polar surface area (TPSA) is 84.0 Å². The Bertz CT molecular complexity index is 1100. The summed E-state index contributed by atoms with van der Waals surface area (Å²) in [6.07, 6.45) is 0. The molecule has 2 amide bonds. The molecule has 0 bridgehead atoms. The molecule has 0 unspecified atom stereocenters. The second-order valence-corrected chi connectivity index (χ2v) is 10.6. The quantitative estimate of drug-likeness (QED) is 0.318. The number of nitrogens with zero attached hydrogens (tertiary/aromatic N) is 2. The Morgan fingerprint density at radius 3 is 2.35 bits per heavy atom. The van der Waals surface area contributed by atoms with Crippen LogP contribution in [0.1, 0.15) is 36.7 Å². The summed E-state index contributed by atoms with van der Waals surface area (Å²) in [4.78, 5) is 24.6. The lowest BCUT2D eigenvalue weighted by Crippen LogP contribution is -2.14. The average molecular weight is 495 g/mol. The molecule has 1 heterocycles. The molecular weight excluding hydrogens is 475 g/mol. The van der Waals surface area contributed by atoms with Crippen molar-refractivity contribution in [2.24, 2.45) is 0 Å². The van der Waals surface area contributed by atoms with E-state index in [0.717, 1.165) is 5.56 Å². The number of thioether (sulfide) groups is 1. The Kier molecular flexibility index (Phi) is 7.59.